The number of rotatable bonds is 7. The fourth-order valence-corrected chi connectivity index (χ4v) is 4.08. The number of nitrogens with one attached hydrogen (secondary N) is 1. The molecule has 0 aliphatic carbocycles. The number of benzene rings is 2. The van der Waals surface area contributed by atoms with Crippen molar-refractivity contribution in [1.29, 1.82) is 0 Å². The Morgan fingerprint density at radius 3 is 2.50 bits per heavy atom. The van der Waals surface area contributed by atoms with E-state index in [0.717, 1.165) is 23.1 Å². The predicted molar refractivity (Wildman–Crippen MR) is 124 cm³/mol. The molecule has 0 unspecified atom stereocenters. The highest BCUT2D eigenvalue weighted by Crippen LogP contribution is 2.36. The van der Waals surface area contributed by atoms with Crippen molar-refractivity contribution in [2.45, 2.75) is 20.3 Å². The van der Waals surface area contributed by atoms with Gasteiger partial charge in [0.2, 0.25) is 5.91 Å². The number of carbonyl (C=O) groups is 2. The molecule has 0 fully saturated rings. The summed E-state index contributed by atoms with van der Waals surface area (Å²) in [6, 6.07) is 15.3. The number of ether oxygens (including phenoxy) is 1. The molecular formula is C24H22ClNO3S. The maximum Gasteiger partial charge on any atom is 0.341 e. The Bertz CT molecular complexity index is 1070. The Morgan fingerprint density at radius 1 is 1.10 bits per heavy atom. The minimum Gasteiger partial charge on any atom is -0.462 e. The van der Waals surface area contributed by atoms with E-state index in [1.165, 1.54) is 23.0 Å². The van der Waals surface area contributed by atoms with Crippen LogP contribution < -0.4 is 5.32 Å². The molecule has 0 saturated carbocycles. The molecular weight excluding hydrogens is 418 g/mol. The first-order valence-electron chi connectivity index (χ1n) is 9.65. The van der Waals surface area contributed by atoms with E-state index in [0.29, 0.717) is 15.6 Å². The Labute approximate surface area is 185 Å². The molecule has 30 heavy (non-hydrogen) atoms. The third-order valence-electron chi connectivity index (χ3n) is 4.50. The van der Waals surface area contributed by atoms with Gasteiger partial charge in [0.25, 0.3) is 0 Å². The van der Waals surface area contributed by atoms with Crippen LogP contribution in [-0.2, 0) is 16.0 Å². The minimum absolute atomic E-state index is 0.253. The largest absolute Gasteiger partial charge is 0.462 e. The van der Waals surface area contributed by atoms with Gasteiger partial charge in [-0.05, 0) is 42.2 Å². The van der Waals surface area contributed by atoms with Gasteiger partial charge in [-0.25, -0.2) is 4.79 Å². The van der Waals surface area contributed by atoms with Crippen molar-refractivity contribution in [1.82, 2.24) is 0 Å². The number of hydrogen-bond donors (Lipinski definition) is 1. The van der Waals surface area contributed by atoms with Gasteiger partial charge in [-0.2, -0.15) is 0 Å². The molecule has 1 aromatic heterocycles. The zero-order valence-electron chi connectivity index (χ0n) is 16.8. The van der Waals surface area contributed by atoms with E-state index in [4.69, 9.17) is 16.3 Å². The highest BCUT2D eigenvalue weighted by atomic mass is 35.5. The first kappa shape index (κ1) is 21.8. The number of esters is 1. The van der Waals surface area contributed by atoms with E-state index in [9.17, 15) is 9.59 Å². The Kier molecular flexibility index (Phi) is 7.44. The van der Waals surface area contributed by atoms with Gasteiger partial charge in [-0.3, -0.25) is 4.79 Å². The van der Waals surface area contributed by atoms with Gasteiger partial charge in [0.15, 0.2) is 0 Å². The van der Waals surface area contributed by atoms with Crippen molar-refractivity contribution >= 4 is 45.9 Å². The number of anilines is 1. The summed E-state index contributed by atoms with van der Waals surface area (Å²) in [4.78, 5) is 25.1. The first-order valence-corrected chi connectivity index (χ1v) is 10.9. The summed E-state index contributed by atoms with van der Waals surface area (Å²) in [5, 5.41) is 5.68. The quantitative estimate of drug-likeness (QED) is 0.339. The molecule has 0 bridgehead atoms. The molecule has 0 radical (unpaired) electrons. The van der Waals surface area contributed by atoms with Crippen LogP contribution in [0.25, 0.3) is 17.2 Å². The highest BCUT2D eigenvalue weighted by Gasteiger charge is 2.22. The van der Waals surface area contributed by atoms with Crippen LogP contribution in [0, 0.1) is 0 Å². The normalized spacial score (nSPS) is 10.9. The monoisotopic (exact) mass is 439 g/mol. The summed E-state index contributed by atoms with van der Waals surface area (Å²) < 4.78 is 5.24. The first-order chi connectivity index (χ1) is 14.5. The number of halogens is 1. The molecule has 0 saturated heterocycles. The second kappa shape index (κ2) is 10.2. The molecule has 1 N–H and O–H groups in total. The van der Waals surface area contributed by atoms with Gasteiger partial charge in [0.05, 0.1) is 6.61 Å². The zero-order chi connectivity index (χ0) is 21.5. The molecule has 6 heteroatoms. The maximum absolute atomic E-state index is 12.6. The number of thiophene rings is 1. The number of hydrogen-bond acceptors (Lipinski definition) is 4. The van der Waals surface area contributed by atoms with Crippen molar-refractivity contribution in [2.24, 2.45) is 0 Å². The van der Waals surface area contributed by atoms with Crippen molar-refractivity contribution in [3.8, 4) is 11.1 Å². The lowest BCUT2D eigenvalue weighted by molar-refractivity contribution is -0.111. The third-order valence-corrected chi connectivity index (χ3v) is 5.74. The summed E-state index contributed by atoms with van der Waals surface area (Å²) in [7, 11) is 0. The third kappa shape index (κ3) is 5.17. The zero-order valence-corrected chi connectivity index (χ0v) is 18.3. The smallest absolute Gasteiger partial charge is 0.341 e. The van der Waals surface area contributed by atoms with Crippen LogP contribution in [0.3, 0.4) is 0 Å². The van der Waals surface area contributed by atoms with Gasteiger partial charge in [-0.1, -0.05) is 61.0 Å². The van der Waals surface area contributed by atoms with Crippen LogP contribution in [0.1, 0.15) is 35.3 Å². The maximum atomic E-state index is 12.6. The molecule has 4 nitrogen and oxygen atoms in total. The summed E-state index contributed by atoms with van der Waals surface area (Å²) in [6.07, 6.45) is 3.97. The Morgan fingerprint density at radius 2 is 1.83 bits per heavy atom. The van der Waals surface area contributed by atoms with Crippen LogP contribution >= 0.6 is 22.9 Å². The molecule has 0 atom stereocenters. The van der Waals surface area contributed by atoms with Crippen LogP contribution in [0.4, 0.5) is 5.00 Å². The summed E-state index contributed by atoms with van der Waals surface area (Å²) in [5.41, 5.74) is 3.96. The fraction of sp³-hybridized carbons (Fsp3) is 0.167. The molecule has 2 aromatic carbocycles. The van der Waals surface area contributed by atoms with Crippen LogP contribution in [0.15, 0.2) is 60.0 Å². The average molecular weight is 440 g/mol. The highest BCUT2D eigenvalue weighted by molar-refractivity contribution is 7.15. The van der Waals surface area contributed by atoms with E-state index in [2.05, 4.69) is 12.2 Å². The summed E-state index contributed by atoms with van der Waals surface area (Å²) in [5.74, 6) is -0.811. The van der Waals surface area contributed by atoms with Crippen molar-refractivity contribution in [2.75, 3.05) is 11.9 Å². The standard InChI is InChI=1S/C24H22ClNO3S/c1-3-16-9-11-17(12-10-16)19-15-30-23(22(19)24(28)29-4-2)26-21(27)14-13-18-7-5-6-8-20(18)25/h5-15H,3-4H2,1-2H3,(H,26,27). The second-order valence-corrected chi connectivity index (χ2v) is 7.76. The topological polar surface area (TPSA) is 55.4 Å². The van der Waals surface area contributed by atoms with E-state index >= 15 is 0 Å². The lowest BCUT2D eigenvalue weighted by Crippen LogP contribution is -2.12. The fourth-order valence-electron chi connectivity index (χ4n) is 2.92. The summed E-state index contributed by atoms with van der Waals surface area (Å²) >= 11 is 7.42. The van der Waals surface area contributed by atoms with Gasteiger partial charge < -0.3 is 10.1 Å². The lowest BCUT2D eigenvalue weighted by Gasteiger charge is -2.08. The van der Waals surface area contributed by atoms with Crippen molar-refractivity contribution in [3.05, 3.63) is 81.7 Å². The lowest BCUT2D eigenvalue weighted by atomic mass is 10.0. The van der Waals surface area contributed by atoms with Gasteiger partial charge in [0, 0.05) is 22.0 Å². The van der Waals surface area contributed by atoms with Gasteiger partial charge >= 0.3 is 5.97 Å². The second-order valence-electron chi connectivity index (χ2n) is 6.47. The summed E-state index contributed by atoms with van der Waals surface area (Å²) in [6.45, 7) is 4.10. The van der Waals surface area contributed by atoms with Gasteiger partial charge in [0.1, 0.15) is 10.6 Å². The molecule has 3 aromatic rings. The average Bonchev–Trinajstić information content (AvgIpc) is 3.17. The molecule has 0 aliphatic rings. The molecule has 1 heterocycles. The van der Waals surface area contributed by atoms with E-state index in [1.54, 1.807) is 19.1 Å². The SMILES string of the molecule is CCOC(=O)c1c(-c2ccc(CC)cc2)csc1NC(=O)C=Cc1ccccc1Cl. The number of carbonyl (C=O) groups excluding carboxylic acids is 2. The molecule has 154 valence electrons. The molecule has 0 spiro atoms. The Balaban J connectivity index is 1.88. The van der Waals surface area contributed by atoms with E-state index in [1.807, 2.05) is 47.8 Å². The molecule has 0 aliphatic heterocycles. The molecule has 3 rings (SSSR count). The minimum atomic E-state index is -0.460. The predicted octanol–water partition coefficient (Wildman–Crippen LogP) is 6.46. The van der Waals surface area contributed by atoms with Crippen LogP contribution in [0.5, 0.6) is 0 Å². The van der Waals surface area contributed by atoms with E-state index < -0.39 is 5.97 Å². The number of amides is 1. The van der Waals surface area contributed by atoms with Crippen molar-refractivity contribution < 1.29 is 14.3 Å². The van der Waals surface area contributed by atoms with E-state index in [-0.39, 0.29) is 12.5 Å². The molecule has 1 amide bonds. The van der Waals surface area contributed by atoms with Crippen LogP contribution in [-0.4, -0.2) is 18.5 Å². The van der Waals surface area contributed by atoms with Crippen molar-refractivity contribution in [3.63, 3.8) is 0 Å². The van der Waals surface area contributed by atoms with Crippen LogP contribution in [0.2, 0.25) is 5.02 Å². The van der Waals surface area contributed by atoms with Gasteiger partial charge in [-0.15, -0.1) is 11.3 Å². The Hall–Kier alpha value is -2.89. The number of aryl methyl sites for hydroxylation is 1.